The Morgan fingerprint density at radius 2 is 2.14 bits per heavy atom. The maximum atomic E-state index is 10.8. The molecule has 3 N–H and O–H groups in total. The van der Waals surface area contributed by atoms with E-state index in [2.05, 4.69) is 4.98 Å². The third-order valence-electron chi connectivity index (χ3n) is 1.78. The van der Waals surface area contributed by atoms with E-state index in [4.69, 9.17) is 34.0 Å². The van der Waals surface area contributed by atoms with Crippen LogP contribution in [-0.4, -0.2) is 16.1 Å². The fourth-order valence-electron chi connectivity index (χ4n) is 0.816. The van der Waals surface area contributed by atoms with E-state index in [1.807, 2.05) is 0 Å². The summed E-state index contributed by atoms with van der Waals surface area (Å²) in [7, 11) is 0. The lowest BCUT2D eigenvalue weighted by atomic mass is 9.99. The Hall–Kier alpha value is -0.840. The number of carboxylic acids is 1. The molecule has 0 fully saturated rings. The number of carboxylic acid groups (broad SMARTS) is 1. The number of nitrogens with zero attached hydrogens (tertiary/aromatic N) is 1. The highest BCUT2D eigenvalue weighted by molar-refractivity contribution is 6.41. The molecule has 0 spiro atoms. The summed E-state index contributed by atoms with van der Waals surface area (Å²) in [4.78, 5) is 14.6. The zero-order valence-electron chi connectivity index (χ0n) is 7.29. The summed E-state index contributed by atoms with van der Waals surface area (Å²) in [6.45, 7) is 1.34. The van der Waals surface area contributed by atoms with Gasteiger partial charge in [-0.15, -0.1) is 0 Å². The van der Waals surface area contributed by atoms with E-state index in [-0.39, 0.29) is 15.9 Å². The van der Waals surface area contributed by atoms with Gasteiger partial charge in [0.1, 0.15) is 5.15 Å². The zero-order chi connectivity index (χ0) is 10.9. The number of nitrogens with two attached hydrogens (primary N) is 1. The number of carbonyl (C=O) groups is 1. The van der Waals surface area contributed by atoms with Crippen LogP contribution in [0.3, 0.4) is 0 Å². The Kier molecular flexibility index (Phi) is 2.99. The van der Waals surface area contributed by atoms with Crippen LogP contribution < -0.4 is 5.73 Å². The van der Waals surface area contributed by atoms with Gasteiger partial charge in [-0.05, 0) is 19.1 Å². The van der Waals surface area contributed by atoms with Gasteiger partial charge in [0.2, 0.25) is 0 Å². The summed E-state index contributed by atoms with van der Waals surface area (Å²) in [6.07, 6.45) is 0. The minimum Gasteiger partial charge on any atom is -0.480 e. The standard InChI is InChI=1S/C8H8Cl2N2O2/c1-8(11,7(13)14)5-3-2-4(9)6(10)12-5/h2-3H,11H2,1H3,(H,13,14)/t8-/m0/s1. The van der Waals surface area contributed by atoms with E-state index in [0.717, 1.165) is 0 Å². The number of hydrogen-bond donors (Lipinski definition) is 2. The summed E-state index contributed by atoms with van der Waals surface area (Å²) in [6, 6.07) is 2.89. The first kappa shape index (κ1) is 11.2. The Morgan fingerprint density at radius 1 is 1.57 bits per heavy atom. The van der Waals surface area contributed by atoms with Crippen LogP contribution in [0.1, 0.15) is 12.6 Å². The van der Waals surface area contributed by atoms with Crippen molar-refractivity contribution < 1.29 is 9.90 Å². The third-order valence-corrected chi connectivity index (χ3v) is 2.47. The molecule has 0 saturated heterocycles. The van der Waals surface area contributed by atoms with Gasteiger partial charge in [0.05, 0.1) is 10.7 Å². The van der Waals surface area contributed by atoms with Crippen LogP contribution in [0.2, 0.25) is 10.2 Å². The summed E-state index contributed by atoms with van der Waals surface area (Å²) >= 11 is 11.3. The van der Waals surface area contributed by atoms with Crippen LogP contribution in [0.4, 0.5) is 0 Å². The highest BCUT2D eigenvalue weighted by Crippen LogP contribution is 2.23. The van der Waals surface area contributed by atoms with Crippen LogP contribution in [0, 0.1) is 0 Å². The maximum absolute atomic E-state index is 10.8. The maximum Gasteiger partial charge on any atom is 0.329 e. The Labute approximate surface area is 90.6 Å². The van der Waals surface area contributed by atoms with E-state index in [9.17, 15) is 4.79 Å². The molecule has 6 heteroatoms. The van der Waals surface area contributed by atoms with Gasteiger partial charge in [-0.1, -0.05) is 23.2 Å². The summed E-state index contributed by atoms with van der Waals surface area (Å²) in [5.41, 5.74) is 4.14. The highest BCUT2D eigenvalue weighted by Gasteiger charge is 2.32. The lowest BCUT2D eigenvalue weighted by Crippen LogP contribution is -2.42. The second-order valence-electron chi connectivity index (χ2n) is 2.98. The number of pyridine rings is 1. The van der Waals surface area contributed by atoms with E-state index < -0.39 is 11.5 Å². The molecule has 0 amide bonds. The first-order chi connectivity index (χ1) is 6.35. The zero-order valence-corrected chi connectivity index (χ0v) is 8.80. The quantitative estimate of drug-likeness (QED) is 0.764. The number of aliphatic carboxylic acids is 1. The molecule has 0 unspecified atom stereocenters. The number of halogens is 2. The molecule has 1 heterocycles. The summed E-state index contributed by atoms with van der Waals surface area (Å²) in [5, 5.41) is 9.12. The van der Waals surface area contributed by atoms with Gasteiger partial charge in [-0.25, -0.2) is 9.78 Å². The molecule has 0 aliphatic heterocycles. The van der Waals surface area contributed by atoms with E-state index in [1.54, 1.807) is 0 Å². The second-order valence-corrected chi connectivity index (χ2v) is 3.74. The SMILES string of the molecule is C[C@@](N)(C(=O)O)c1ccc(Cl)c(Cl)n1. The van der Waals surface area contributed by atoms with Gasteiger partial charge >= 0.3 is 5.97 Å². The minimum atomic E-state index is -1.56. The van der Waals surface area contributed by atoms with Crippen molar-refractivity contribution in [3.8, 4) is 0 Å². The molecule has 76 valence electrons. The molecule has 0 aliphatic carbocycles. The van der Waals surface area contributed by atoms with Gasteiger partial charge in [0.15, 0.2) is 5.54 Å². The van der Waals surface area contributed by atoms with Crippen LogP contribution >= 0.6 is 23.2 Å². The predicted molar refractivity (Wildman–Crippen MR) is 53.4 cm³/mol. The fraction of sp³-hybridized carbons (Fsp3) is 0.250. The number of aromatic nitrogens is 1. The monoisotopic (exact) mass is 234 g/mol. The molecule has 0 radical (unpaired) electrons. The molecule has 0 aliphatic rings. The van der Waals surface area contributed by atoms with Gasteiger partial charge in [0.25, 0.3) is 0 Å². The number of rotatable bonds is 2. The van der Waals surface area contributed by atoms with Gasteiger partial charge in [-0.2, -0.15) is 0 Å². The van der Waals surface area contributed by atoms with Crippen molar-refractivity contribution in [3.05, 3.63) is 28.0 Å². The van der Waals surface area contributed by atoms with Crippen LogP contribution in [0.15, 0.2) is 12.1 Å². The highest BCUT2D eigenvalue weighted by atomic mass is 35.5. The topological polar surface area (TPSA) is 76.2 Å². The molecule has 0 saturated carbocycles. The van der Waals surface area contributed by atoms with E-state index >= 15 is 0 Å². The van der Waals surface area contributed by atoms with E-state index in [0.29, 0.717) is 0 Å². The smallest absolute Gasteiger partial charge is 0.329 e. The van der Waals surface area contributed by atoms with E-state index in [1.165, 1.54) is 19.1 Å². The Balaban J connectivity index is 3.21. The normalized spacial score (nSPS) is 14.9. The number of hydrogen-bond acceptors (Lipinski definition) is 3. The summed E-state index contributed by atoms with van der Waals surface area (Å²) < 4.78 is 0. The minimum absolute atomic E-state index is 0.0436. The average molecular weight is 235 g/mol. The van der Waals surface area contributed by atoms with Crippen molar-refractivity contribution in [2.24, 2.45) is 5.73 Å². The molecule has 1 aromatic rings. The van der Waals surface area contributed by atoms with Crippen LogP contribution in [0.25, 0.3) is 0 Å². The van der Waals surface area contributed by atoms with Gasteiger partial charge in [0, 0.05) is 0 Å². The molecular formula is C8H8Cl2N2O2. The molecular weight excluding hydrogens is 227 g/mol. The first-order valence-electron chi connectivity index (χ1n) is 3.70. The summed E-state index contributed by atoms with van der Waals surface area (Å²) in [5.74, 6) is -1.18. The lowest BCUT2D eigenvalue weighted by molar-refractivity contribution is -0.143. The van der Waals surface area contributed by atoms with Gasteiger partial charge < -0.3 is 10.8 Å². The van der Waals surface area contributed by atoms with Crippen molar-refractivity contribution in [3.63, 3.8) is 0 Å². The second kappa shape index (κ2) is 3.73. The van der Waals surface area contributed by atoms with Crippen LogP contribution in [-0.2, 0) is 10.3 Å². The van der Waals surface area contributed by atoms with Crippen LogP contribution in [0.5, 0.6) is 0 Å². The molecule has 0 bridgehead atoms. The molecule has 0 aromatic carbocycles. The molecule has 14 heavy (non-hydrogen) atoms. The van der Waals surface area contributed by atoms with Crippen molar-refractivity contribution in [1.29, 1.82) is 0 Å². The Morgan fingerprint density at radius 3 is 2.57 bits per heavy atom. The fourth-order valence-corrected chi connectivity index (χ4v) is 1.08. The largest absolute Gasteiger partial charge is 0.480 e. The predicted octanol–water partition coefficient (Wildman–Crippen LogP) is 1.65. The van der Waals surface area contributed by atoms with Crippen molar-refractivity contribution in [2.75, 3.05) is 0 Å². The molecule has 1 aromatic heterocycles. The van der Waals surface area contributed by atoms with Crippen molar-refractivity contribution >= 4 is 29.2 Å². The van der Waals surface area contributed by atoms with Gasteiger partial charge in [-0.3, -0.25) is 0 Å². The molecule has 1 atom stereocenters. The third kappa shape index (κ3) is 1.97. The van der Waals surface area contributed by atoms with Crippen molar-refractivity contribution in [2.45, 2.75) is 12.5 Å². The lowest BCUT2D eigenvalue weighted by Gasteiger charge is -2.18. The average Bonchev–Trinajstić information content (AvgIpc) is 2.09. The van der Waals surface area contributed by atoms with Crippen molar-refractivity contribution in [1.82, 2.24) is 4.98 Å². The Bertz CT molecular complexity index is 380. The first-order valence-corrected chi connectivity index (χ1v) is 4.46. The molecule has 1 rings (SSSR count). The molecule has 4 nitrogen and oxygen atoms in total.